The minimum absolute atomic E-state index is 0.272. The fraction of sp³-hybridized carbons (Fsp3) is 0.455. The Hall–Kier alpha value is -0.990. The van der Waals surface area contributed by atoms with Crippen LogP contribution in [0.15, 0.2) is 11.7 Å². The third-order valence-corrected chi connectivity index (χ3v) is 4.61. The Labute approximate surface area is 116 Å². The Balaban J connectivity index is 2.35. The van der Waals surface area contributed by atoms with Crippen LogP contribution in [0.1, 0.15) is 33.4 Å². The van der Waals surface area contributed by atoms with Gasteiger partial charge in [0.25, 0.3) is 0 Å². The molecule has 0 aliphatic carbocycles. The van der Waals surface area contributed by atoms with E-state index in [9.17, 15) is 13.2 Å². The fourth-order valence-electron chi connectivity index (χ4n) is 1.67. The summed E-state index contributed by atoms with van der Waals surface area (Å²) in [6.45, 7) is 4.41. The van der Waals surface area contributed by atoms with Crippen LogP contribution in [0, 0.1) is 6.92 Å². The second-order valence-corrected chi connectivity index (χ2v) is 5.81. The first-order valence-electron chi connectivity index (χ1n) is 5.59. The van der Waals surface area contributed by atoms with Crippen LogP contribution in [0.25, 0.3) is 0 Å². The Morgan fingerprint density at radius 1 is 1.37 bits per heavy atom. The lowest BCUT2D eigenvalue weighted by Gasteiger charge is -2.14. The van der Waals surface area contributed by atoms with Gasteiger partial charge in [0.15, 0.2) is 5.01 Å². The van der Waals surface area contributed by atoms with Gasteiger partial charge in [0, 0.05) is 16.0 Å². The van der Waals surface area contributed by atoms with Crippen LogP contribution in [0.3, 0.4) is 0 Å². The number of aromatic nitrogens is 2. The molecule has 0 radical (unpaired) electrons. The predicted octanol–water partition coefficient (Wildman–Crippen LogP) is 3.63. The van der Waals surface area contributed by atoms with Crippen molar-refractivity contribution in [1.29, 1.82) is 0 Å². The summed E-state index contributed by atoms with van der Waals surface area (Å²) < 4.78 is 37.8. The first kappa shape index (κ1) is 14.4. The van der Waals surface area contributed by atoms with E-state index in [1.165, 1.54) is 17.5 Å². The van der Waals surface area contributed by atoms with Gasteiger partial charge in [-0.25, -0.2) is 9.97 Å². The van der Waals surface area contributed by atoms with Crippen molar-refractivity contribution < 1.29 is 13.2 Å². The summed E-state index contributed by atoms with van der Waals surface area (Å²) in [5, 5.41) is 2.37. The van der Waals surface area contributed by atoms with E-state index < -0.39 is 11.2 Å². The molecule has 0 aliphatic rings. The Morgan fingerprint density at radius 2 is 2.11 bits per heavy atom. The molecule has 0 aromatic carbocycles. The second-order valence-electron chi connectivity index (χ2n) is 3.86. The first-order chi connectivity index (χ1) is 8.93. The number of hydrogen-bond acceptors (Lipinski definition) is 5. The smallest absolute Gasteiger partial charge is 0.305 e. The fourth-order valence-corrected chi connectivity index (χ4v) is 3.50. The van der Waals surface area contributed by atoms with E-state index in [0.29, 0.717) is 22.8 Å². The van der Waals surface area contributed by atoms with Crippen molar-refractivity contribution in [1.82, 2.24) is 15.3 Å². The maximum absolute atomic E-state index is 12.6. The van der Waals surface area contributed by atoms with Gasteiger partial charge in [-0.1, -0.05) is 6.92 Å². The normalized spacial score (nSPS) is 13.7. The topological polar surface area (TPSA) is 37.8 Å². The van der Waals surface area contributed by atoms with Gasteiger partial charge in [-0.05, 0) is 13.5 Å². The highest BCUT2D eigenvalue weighted by molar-refractivity contribution is 7.12. The van der Waals surface area contributed by atoms with Crippen molar-refractivity contribution in [2.24, 2.45) is 0 Å². The quantitative estimate of drug-likeness (QED) is 0.937. The zero-order valence-corrected chi connectivity index (χ0v) is 11.9. The van der Waals surface area contributed by atoms with Crippen molar-refractivity contribution in [3.63, 3.8) is 0 Å². The van der Waals surface area contributed by atoms with Crippen molar-refractivity contribution >= 4 is 22.7 Å². The van der Waals surface area contributed by atoms with E-state index in [4.69, 9.17) is 0 Å². The highest BCUT2D eigenvalue weighted by Gasteiger charge is 2.35. The predicted molar refractivity (Wildman–Crippen MR) is 69.5 cm³/mol. The monoisotopic (exact) mass is 307 g/mol. The number of nitrogens with one attached hydrogen (secondary N) is 1. The van der Waals surface area contributed by atoms with Gasteiger partial charge in [-0.3, -0.25) is 0 Å². The van der Waals surface area contributed by atoms with E-state index in [2.05, 4.69) is 15.3 Å². The van der Waals surface area contributed by atoms with Crippen molar-refractivity contribution in [3.05, 3.63) is 32.2 Å². The molecule has 104 valence electrons. The summed E-state index contributed by atoms with van der Waals surface area (Å²) >= 11 is 2.11. The molecule has 2 rings (SSSR count). The molecule has 19 heavy (non-hydrogen) atoms. The summed E-state index contributed by atoms with van der Waals surface area (Å²) in [6.07, 6.45) is -3.09. The molecule has 0 fully saturated rings. The van der Waals surface area contributed by atoms with E-state index in [1.807, 2.05) is 13.8 Å². The highest BCUT2D eigenvalue weighted by atomic mass is 32.1. The van der Waals surface area contributed by atoms with Crippen molar-refractivity contribution in [2.45, 2.75) is 26.1 Å². The molecule has 3 nitrogen and oxygen atoms in total. The zero-order chi connectivity index (χ0) is 14.0. The van der Waals surface area contributed by atoms with Crippen LogP contribution in [0.2, 0.25) is 0 Å². The molecular weight excluding hydrogens is 295 g/mol. The third-order valence-electron chi connectivity index (χ3n) is 2.50. The van der Waals surface area contributed by atoms with E-state index >= 15 is 0 Å². The van der Waals surface area contributed by atoms with Gasteiger partial charge < -0.3 is 5.32 Å². The van der Waals surface area contributed by atoms with Gasteiger partial charge in [-0.15, -0.1) is 22.7 Å². The molecule has 8 heteroatoms. The Morgan fingerprint density at radius 3 is 2.58 bits per heavy atom. The molecule has 1 atom stereocenters. The number of hydrogen-bond donors (Lipinski definition) is 1. The number of rotatable bonds is 4. The molecule has 1 unspecified atom stereocenters. The first-order valence-corrected chi connectivity index (χ1v) is 7.29. The molecule has 0 saturated carbocycles. The molecule has 0 aliphatic heterocycles. The lowest BCUT2D eigenvalue weighted by atomic mass is 10.2. The largest absolute Gasteiger partial charge is 0.443 e. The standard InChI is InChI=1S/C11H12F3N3S2/c1-3-15-8(9-6(2)17-5-18-9)7-4-16-10(19-7)11(12,13)14/h4-5,8,15H,3H2,1-2H3. The Kier molecular flexibility index (Phi) is 4.22. The van der Waals surface area contributed by atoms with Crippen LogP contribution in [-0.2, 0) is 6.18 Å². The number of nitrogens with zero attached hydrogens (tertiary/aromatic N) is 2. The molecule has 2 aromatic rings. The van der Waals surface area contributed by atoms with E-state index in [0.717, 1.165) is 10.6 Å². The lowest BCUT2D eigenvalue weighted by molar-refractivity contribution is -0.137. The number of aryl methyl sites for hydroxylation is 1. The van der Waals surface area contributed by atoms with Crippen molar-refractivity contribution in [3.8, 4) is 0 Å². The summed E-state index contributed by atoms with van der Waals surface area (Å²) in [5.74, 6) is 0. The average molecular weight is 307 g/mol. The minimum atomic E-state index is -4.39. The molecule has 2 aromatic heterocycles. The average Bonchev–Trinajstić information content (AvgIpc) is 2.94. The summed E-state index contributed by atoms with van der Waals surface area (Å²) in [5.41, 5.74) is 2.53. The zero-order valence-electron chi connectivity index (χ0n) is 10.3. The highest BCUT2D eigenvalue weighted by Crippen LogP contribution is 2.37. The summed E-state index contributed by atoms with van der Waals surface area (Å²) in [4.78, 5) is 9.10. The van der Waals surface area contributed by atoms with Gasteiger partial charge >= 0.3 is 6.18 Å². The summed E-state index contributed by atoms with van der Waals surface area (Å²) in [6, 6.07) is -0.272. The molecule has 0 spiro atoms. The maximum atomic E-state index is 12.6. The maximum Gasteiger partial charge on any atom is 0.443 e. The molecular formula is C11H12F3N3S2. The SMILES string of the molecule is CCNC(c1cnc(C(F)(F)F)s1)c1scnc1C. The summed E-state index contributed by atoms with van der Waals surface area (Å²) in [7, 11) is 0. The van der Waals surface area contributed by atoms with Crippen LogP contribution in [-0.4, -0.2) is 16.5 Å². The molecule has 2 heterocycles. The number of halogens is 3. The van der Waals surface area contributed by atoms with Crippen molar-refractivity contribution in [2.75, 3.05) is 6.54 Å². The van der Waals surface area contributed by atoms with Crippen LogP contribution in [0.4, 0.5) is 13.2 Å². The lowest BCUT2D eigenvalue weighted by Crippen LogP contribution is -2.20. The van der Waals surface area contributed by atoms with Crippen LogP contribution < -0.4 is 5.32 Å². The van der Waals surface area contributed by atoms with Gasteiger partial charge in [0.05, 0.1) is 17.2 Å². The van der Waals surface area contributed by atoms with E-state index in [-0.39, 0.29) is 6.04 Å². The minimum Gasteiger partial charge on any atom is -0.305 e. The number of thiazole rings is 2. The molecule has 0 amide bonds. The number of alkyl halides is 3. The second kappa shape index (κ2) is 5.56. The Bertz CT molecular complexity index is 547. The molecule has 0 bridgehead atoms. The van der Waals surface area contributed by atoms with Gasteiger partial charge in [-0.2, -0.15) is 13.2 Å². The van der Waals surface area contributed by atoms with Crippen LogP contribution in [0.5, 0.6) is 0 Å². The van der Waals surface area contributed by atoms with Gasteiger partial charge in [0.2, 0.25) is 0 Å². The molecule has 0 saturated heterocycles. The van der Waals surface area contributed by atoms with E-state index in [1.54, 1.807) is 5.51 Å². The molecule has 1 N–H and O–H groups in total. The van der Waals surface area contributed by atoms with Gasteiger partial charge in [0.1, 0.15) is 0 Å². The third kappa shape index (κ3) is 3.13. The van der Waals surface area contributed by atoms with Crippen LogP contribution >= 0.6 is 22.7 Å².